The molecule has 0 atom stereocenters. The van der Waals surface area contributed by atoms with Crippen LogP contribution in [0.15, 0.2) is 47.9 Å². The molecule has 0 aliphatic carbocycles. The van der Waals surface area contributed by atoms with Crippen molar-refractivity contribution in [3.05, 3.63) is 65.2 Å². The molecule has 6 heteroatoms. The summed E-state index contributed by atoms with van der Waals surface area (Å²) in [5.41, 5.74) is 6.98. The van der Waals surface area contributed by atoms with Gasteiger partial charge in [0.2, 0.25) is 0 Å². The Morgan fingerprint density at radius 2 is 2.15 bits per heavy atom. The lowest BCUT2D eigenvalue weighted by Gasteiger charge is -2.08. The number of benzene rings is 1. The zero-order chi connectivity index (χ0) is 14.4. The summed E-state index contributed by atoms with van der Waals surface area (Å²) in [5.74, 6) is -0.724. The SMILES string of the molecule is N/C(=N/O)c1cccc(CNCc2cccnc2)c1F. The number of oxime groups is 1. The lowest BCUT2D eigenvalue weighted by Crippen LogP contribution is -2.18. The molecule has 2 aromatic rings. The molecule has 1 heterocycles. The standard InChI is InChI=1S/C14H15FN4O/c15-13-11(4-1-5-12(13)14(16)19-20)9-18-8-10-3-2-6-17-7-10/h1-7,18,20H,8-9H2,(H2,16,19). The smallest absolute Gasteiger partial charge is 0.173 e. The van der Waals surface area contributed by atoms with Gasteiger partial charge in [0.1, 0.15) is 5.82 Å². The number of pyridine rings is 1. The van der Waals surface area contributed by atoms with Crippen LogP contribution in [0, 0.1) is 5.82 Å². The second-order valence-electron chi connectivity index (χ2n) is 4.23. The average Bonchev–Trinajstić information content (AvgIpc) is 2.49. The largest absolute Gasteiger partial charge is 0.409 e. The molecule has 0 spiro atoms. The van der Waals surface area contributed by atoms with Crippen LogP contribution in [-0.2, 0) is 13.1 Å². The maximum Gasteiger partial charge on any atom is 0.173 e. The number of aromatic nitrogens is 1. The predicted molar refractivity (Wildman–Crippen MR) is 73.7 cm³/mol. The lowest BCUT2D eigenvalue weighted by atomic mass is 10.1. The van der Waals surface area contributed by atoms with E-state index in [9.17, 15) is 4.39 Å². The second kappa shape index (κ2) is 6.63. The minimum Gasteiger partial charge on any atom is -0.409 e. The molecule has 0 fully saturated rings. The number of rotatable bonds is 5. The first kappa shape index (κ1) is 14.0. The molecule has 2 rings (SSSR count). The molecule has 1 aromatic carbocycles. The average molecular weight is 274 g/mol. The minimum atomic E-state index is -0.485. The highest BCUT2D eigenvalue weighted by Gasteiger charge is 2.10. The van der Waals surface area contributed by atoms with Gasteiger partial charge in [-0.25, -0.2) is 4.39 Å². The highest BCUT2D eigenvalue weighted by Crippen LogP contribution is 2.13. The summed E-state index contributed by atoms with van der Waals surface area (Å²) in [4.78, 5) is 4.00. The molecule has 1 aromatic heterocycles. The third kappa shape index (κ3) is 3.30. The van der Waals surface area contributed by atoms with E-state index in [-0.39, 0.29) is 11.4 Å². The maximum absolute atomic E-state index is 14.1. The fourth-order valence-electron chi connectivity index (χ4n) is 1.81. The van der Waals surface area contributed by atoms with E-state index in [0.29, 0.717) is 18.7 Å². The number of hydrogen-bond acceptors (Lipinski definition) is 4. The van der Waals surface area contributed by atoms with Gasteiger partial charge in [-0.1, -0.05) is 23.4 Å². The third-order valence-corrected chi connectivity index (χ3v) is 2.83. The maximum atomic E-state index is 14.1. The Morgan fingerprint density at radius 1 is 1.30 bits per heavy atom. The van der Waals surface area contributed by atoms with Gasteiger partial charge in [0.05, 0.1) is 5.56 Å². The fraction of sp³-hybridized carbons (Fsp3) is 0.143. The summed E-state index contributed by atoms with van der Waals surface area (Å²) in [6, 6.07) is 8.56. The third-order valence-electron chi connectivity index (χ3n) is 2.83. The summed E-state index contributed by atoms with van der Waals surface area (Å²) in [6.07, 6.45) is 3.44. The molecule has 20 heavy (non-hydrogen) atoms. The van der Waals surface area contributed by atoms with Crippen LogP contribution in [0.4, 0.5) is 4.39 Å². The molecule has 0 unspecified atom stereocenters. The van der Waals surface area contributed by atoms with Crippen molar-refractivity contribution < 1.29 is 9.60 Å². The number of amidine groups is 1. The van der Waals surface area contributed by atoms with Gasteiger partial charge in [-0.2, -0.15) is 0 Å². The van der Waals surface area contributed by atoms with Crippen molar-refractivity contribution in [2.24, 2.45) is 10.9 Å². The number of nitrogens with one attached hydrogen (secondary N) is 1. The number of hydrogen-bond donors (Lipinski definition) is 3. The van der Waals surface area contributed by atoms with Crippen molar-refractivity contribution in [2.75, 3.05) is 0 Å². The number of halogens is 1. The van der Waals surface area contributed by atoms with Gasteiger partial charge in [0.15, 0.2) is 5.84 Å². The Kier molecular flexibility index (Phi) is 4.62. The molecule has 0 radical (unpaired) electrons. The molecule has 4 N–H and O–H groups in total. The van der Waals surface area contributed by atoms with E-state index in [1.165, 1.54) is 6.07 Å². The van der Waals surface area contributed by atoms with Crippen molar-refractivity contribution in [3.8, 4) is 0 Å². The Labute approximate surface area is 116 Å². The molecular formula is C14H15FN4O. The van der Waals surface area contributed by atoms with Crippen LogP contribution in [0.5, 0.6) is 0 Å². The van der Waals surface area contributed by atoms with E-state index in [1.54, 1.807) is 24.5 Å². The summed E-state index contributed by atoms with van der Waals surface area (Å²) >= 11 is 0. The van der Waals surface area contributed by atoms with Crippen molar-refractivity contribution in [1.82, 2.24) is 10.3 Å². The van der Waals surface area contributed by atoms with Crippen LogP contribution in [0.3, 0.4) is 0 Å². The number of nitrogens with two attached hydrogens (primary N) is 1. The molecule has 0 saturated carbocycles. The van der Waals surface area contributed by atoms with Crippen molar-refractivity contribution in [1.29, 1.82) is 0 Å². The topological polar surface area (TPSA) is 83.5 Å². The molecule has 0 bridgehead atoms. The van der Waals surface area contributed by atoms with E-state index in [1.807, 2.05) is 12.1 Å². The van der Waals surface area contributed by atoms with E-state index >= 15 is 0 Å². The van der Waals surface area contributed by atoms with E-state index in [0.717, 1.165) is 5.56 Å². The Balaban J connectivity index is 2.03. The zero-order valence-corrected chi connectivity index (χ0v) is 10.8. The Hall–Kier alpha value is -2.47. The highest BCUT2D eigenvalue weighted by atomic mass is 19.1. The van der Waals surface area contributed by atoms with Crippen molar-refractivity contribution >= 4 is 5.84 Å². The molecule has 0 amide bonds. The van der Waals surface area contributed by atoms with Gasteiger partial charge >= 0.3 is 0 Å². The van der Waals surface area contributed by atoms with Gasteiger partial charge in [-0.3, -0.25) is 4.98 Å². The van der Waals surface area contributed by atoms with Crippen LogP contribution >= 0.6 is 0 Å². The lowest BCUT2D eigenvalue weighted by molar-refractivity contribution is 0.318. The molecular weight excluding hydrogens is 259 g/mol. The van der Waals surface area contributed by atoms with Crippen LogP contribution in [0.2, 0.25) is 0 Å². The van der Waals surface area contributed by atoms with Crippen LogP contribution in [0.25, 0.3) is 0 Å². The normalized spacial score (nSPS) is 11.6. The second-order valence-corrected chi connectivity index (χ2v) is 4.23. The first-order valence-corrected chi connectivity index (χ1v) is 6.07. The molecule has 0 aliphatic rings. The highest BCUT2D eigenvalue weighted by molar-refractivity contribution is 5.97. The van der Waals surface area contributed by atoms with E-state index < -0.39 is 5.82 Å². The summed E-state index contributed by atoms with van der Waals surface area (Å²) in [6.45, 7) is 0.925. The zero-order valence-electron chi connectivity index (χ0n) is 10.8. The first-order chi connectivity index (χ1) is 9.72. The van der Waals surface area contributed by atoms with Crippen LogP contribution in [0.1, 0.15) is 16.7 Å². The van der Waals surface area contributed by atoms with Gasteiger partial charge < -0.3 is 16.3 Å². The van der Waals surface area contributed by atoms with Crippen LogP contribution in [-0.4, -0.2) is 16.0 Å². The Bertz CT molecular complexity index is 601. The molecule has 104 valence electrons. The van der Waals surface area contributed by atoms with Crippen LogP contribution < -0.4 is 11.1 Å². The quantitative estimate of drug-likeness (QED) is 0.335. The summed E-state index contributed by atoms with van der Waals surface area (Å²) in [7, 11) is 0. The predicted octanol–water partition coefficient (Wildman–Crippen LogP) is 1.60. The van der Waals surface area contributed by atoms with E-state index in [4.69, 9.17) is 10.9 Å². The van der Waals surface area contributed by atoms with Gasteiger partial charge in [-0.15, -0.1) is 0 Å². The Morgan fingerprint density at radius 3 is 2.85 bits per heavy atom. The van der Waals surface area contributed by atoms with Gasteiger partial charge in [-0.05, 0) is 17.7 Å². The molecule has 0 aliphatic heterocycles. The van der Waals surface area contributed by atoms with Crippen molar-refractivity contribution in [2.45, 2.75) is 13.1 Å². The fourth-order valence-corrected chi connectivity index (χ4v) is 1.81. The van der Waals surface area contributed by atoms with Crippen molar-refractivity contribution in [3.63, 3.8) is 0 Å². The molecule has 0 saturated heterocycles. The molecule has 5 nitrogen and oxygen atoms in total. The number of nitrogens with zero attached hydrogens (tertiary/aromatic N) is 2. The monoisotopic (exact) mass is 274 g/mol. The summed E-state index contributed by atoms with van der Waals surface area (Å²) < 4.78 is 14.1. The van der Waals surface area contributed by atoms with Gasteiger partial charge in [0.25, 0.3) is 0 Å². The first-order valence-electron chi connectivity index (χ1n) is 6.07. The van der Waals surface area contributed by atoms with E-state index in [2.05, 4.69) is 15.5 Å². The minimum absolute atomic E-state index is 0.0909. The summed E-state index contributed by atoms with van der Waals surface area (Å²) in [5, 5.41) is 14.5. The van der Waals surface area contributed by atoms with Gasteiger partial charge in [0, 0.05) is 31.0 Å².